The van der Waals surface area contributed by atoms with Crippen molar-refractivity contribution in [2.45, 2.75) is 13.8 Å². The molecule has 0 amide bonds. The van der Waals surface area contributed by atoms with Gasteiger partial charge in [-0.1, -0.05) is 38.5 Å². The zero-order valence-corrected chi connectivity index (χ0v) is 9.67. The second-order valence-electron chi connectivity index (χ2n) is 3.80. The Hall–Kier alpha value is 0.340. The molecule has 0 saturated heterocycles. The summed E-state index contributed by atoms with van der Waals surface area (Å²) in [5, 5.41) is 0. The van der Waals surface area contributed by atoms with Crippen LogP contribution >= 0.6 is 15.2 Å². The van der Waals surface area contributed by atoms with Gasteiger partial charge in [-0.05, 0) is 38.5 Å². The highest BCUT2D eigenvalue weighted by Crippen LogP contribution is 2.73. The molecule has 12 heavy (non-hydrogen) atoms. The summed E-state index contributed by atoms with van der Waals surface area (Å²) in [6.07, 6.45) is 10.7. The van der Waals surface area contributed by atoms with Crippen LogP contribution in [0.2, 0.25) is 0 Å². The summed E-state index contributed by atoms with van der Waals surface area (Å²) < 4.78 is 0. The molecule has 0 radical (unpaired) electrons. The highest BCUT2D eigenvalue weighted by Gasteiger charge is 2.25. The molecule has 0 bridgehead atoms. The minimum atomic E-state index is 0.408. The fraction of sp³-hybridized carbons (Fsp3) is 0.600. The van der Waals surface area contributed by atoms with Gasteiger partial charge in [-0.15, -0.1) is 0 Å². The first-order valence-electron chi connectivity index (χ1n) is 4.57. The van der Waals surface area contributed by atoms with Crippen molar-refractivity contribution >= 4 is 15.2 Å². The maximum Gasteiger partial charge on any atom is -0.00753 e. The van der Waals surface area contributed by atoms with Gasteiger partial charge in [-0.3, -0.25) is 0 Å². The fourth-order valence-electron chi connectivity index (χ4n) is 1.79. The van der Waals surface area contributed by atoms with Gasteiger partial charge in [0, 0.05) is 0 Å². The molecule has 0 spiro atoms. The maximum atomic E-state index is 2.47. The molecule has 2 aliphatic rings. The van der Waals surface area contributed by atoms with Gasteiger partial charge in [-0.25, -0.2) is 0 Å². The first-order chi connectivity index (χ1) is 5.75. The van der Waals surface area contributed by atoms with Crippen molar-refractivity contribution in [1.82, 2.24) is 0 Å². The molecule has 0 saturated carbocycles. The van der Waals surface area contributed by atoms with Gasteiger partial charge in [0.15, 0.2) is 0 Å². The summed E-state index contributed by atoms with van der Waals surface area (Å²) in [5.74, 6) is 0. The van der Waals surface area contributed by atoms with E-state index in [0.29, 0.717) is 15.2 Å². The molecule has 0 nitrogen and oxygen atoms in total. The lowest BCUT2D eigenvalue weighted by atomic mass is 10.3. The Bertz CT molecular complexity index is 214. The molecule has 2 heterocycles. The fourth-order valence-corrected chi connectivity index (χ4v) is 9.78. The monoisotopic (exact) mass is 198 g/mol. The Labute approximate surface area is 77.5 Å². The zero-order valence-electron chi connectivity index (χ0n) is 7.88. The quantitative estimate of drug-likeness (QED) is 0.444. The van der Waals surface area contributed by atoms with E-state index in [-0.39, 0.29) is 0 Å². The zero-order chi connectivity index (χ0) is 8.55. The van der Waals surface area contributed by atoms with E-state index in [1.54, 1.807) is 11.1 Å². The average molecular weight is 198 g/mol. The van der Waals surface area contributed by atoms with E-state index in [2.05, 4.69) is 26.0 Å². The summed E-state index contributed by atoms with van der Waals surface area (Å²) >= 11 is 0. The van der Waals surface area contributed by atoms with E-state index in [1.807, 2.05) is 0 Å². The van der Waals surface area contributed by atoms with Gasteiger partial charge in [0.2, 0.25) is 0 Å². The minimum absolute atomic E-state index is 0.408. The third-order valence-electron chi connectivity index (χ3n) is 2.56. The first kappa shape index (κ1) is 8.92. The van der Waals surface area contributed by atoms with Crippen LogP contribution in [-0.4, -0.2) is 24.6 Å². The predicted octanol–water partition coefficient (Wildman–Crippen LogP) is 3.79. The van der Waals surface area contributed by atoms with Crippen LogP contribution in [0, 0.1) is 0 Å². The second kappa shape index (κ2) is 3.60. The van der Waals surface area contributed by atoms with Gasteiger partial charge in [0.1, 0.15) is 0 Å². The van der Waals surface area contributed by atoms with Gasteiger partial charge >= 0.3 is 0 Å². The van der Waals surface area contributed by atoms with Crippen molar-refractivity contribution < 1.29 is 0 Å². The van der Waals surface area contributed by atoms with Crippen molar-refractivity contribution in [2.75, 3.05) is 24.6 Å². The van der Waals surface area contributed by atoms with Crippen LogP contribution in [0.1, 0.15) is 13.8 Å². The van der Waals surface area contributed by atoms with E-state index >= 15 is 0 Å². The Kier molecular flexibility index (Phi) is 2.68. The Morgan fingerprint density at radius 1 is 0.917 bits per heavy atom. The summed E-state index contributed by atoms with van der Waals surface area (Å²) in [5.41, 5.74) is 3.32. The average Bonchev–Trinajstić information content (AvgIpc) is 2.58. The largest absolute Gasteiger partial charge is 0.0806 e. The molecule has 0 aliphatic carbocycles. The Morgan fingerprint density at radius 2 is 1.33 bits per heavy atom. The molecule has 0 aromatic rings. The molecule has 0 aromatic carbocycles. The Morgan fingerprint density at radius 3 is 1.58 bits per heavy atom. The molecule has 0 aromatic heterocycles. The SMILES string of the molecule is CC1=CCP(P2CC=C(C)C2)C1. The van der Waals surface area contributed by atoms with Crippen LogP contribution in [0.15, 0.2) is 23.3 Å². The number of hydrogen-bond donors (Lipinski definition) is 0. The lowest BCUT2D eigenvalue weighted by Gasteiger charge is -2.19. The highest BCUT2D eigenvalue weighted by atomic mass is 32.1. The first-order valence-corrected chi connectivity index (χ1v) is 8.70. The van der Waals surface area contributed by atoms with Crippen molar-refractivity contribution in [3.05, 3.63) is 23.3 Å². The molecule has 2 aliphatic heterocycles. The molecular formula is C10H16P2. The van der Waals surface area contributed by atoms with E-state index in [0.717, 1.165) is 0 Å². The maximum absolute atomic E-state index is 2.47. The Balaban J connectivity index is 1.89. The number of hydrogen-bond acceptors (Lipinski definition) is 0. The second-order valence-corrected chi connectivity index (χ2v) is 10.6. The molecule has 2 heteroatoms. The van der Waals surface area contributed by atoms with Crippen LogP contribution in [0.3, 0.4) is 0 Å². The van der Waals surface area contributed by atoms with Gasteiger partial charge < -0.3 is 0 Å². The summed E-state index contributed by atoms with van der Waals surface area (Å²) in [4.78, 5) is 0. The van der Waals surface area contributed by atoms with E-state index < -0.39 is 0 Å². The highest BCUT2D eigenvalue weighted by molar-refractivity contribution is 8.30. The summed E-state index contributed by atoms with van der Waals surface area (Å²) in [7, 11) is 0.816. The number of rotatable bonds is 1. The molecule has 2 rings (SSSR count). The van der Waals surface area contributed by atoms with Crippen molar-refractivity contribution in [3.63, 3.8) is 0 Å². The third-order valence-corrected chi connectivity index (χ3v) is 10.5. The van der Waals surface area contributed by atoms with Crippen LogP contribution < -0.4 is 0 Å². The van der Waals surface area contributed by atoms with Crippen molar-refractivity contribution in [3.8, 4) is 0 Å². The lowest BCUT2D eigenvalue weighted by Crippen LogP contribution is -1.83. The summed E-state index contributed by atoms with van der Waals surface area (Å²) in [6.45, 7) is 4.60. The molecule has 0 fully saturated rings. The smallest absolute Gasteiger partial charge is 0.00753 e. The standard InChI is InChI=1S/C10H16P2/c1-9-3-5-11(7-9)12-6-4-10(2)8-12/h3-4H,5-8H2,1-2H3. The van der Waals surface area contributed by atoms with Crippen LogP contribution in [0.4, 0.5) is 0 Å². The number of allylic oxidation sites excluding steroid dienone is 4. The van der Waals surface area contributed by atoms with Crippen LogP contribution in [0.5, 0.6) is 0 Å². The van der Waals surface area contributed by atoms with Crippen molar-refractivity contribution in [1.29, 1.82) is 0 Å². The molecule has 2 atom stereocenters. The topological polar surface area (TPSA) is 0 Å². The molecule has 0 N–H and O–H groups in total. The normalized spacial score (nSPS) is 35.2. The lowest BCUT2D eigenvalue weighted by molar-refractivity contribution is 1.42. The van der Waals surface area contributed by atoms with Gasteiger partial charge in [0.05, 0.1) is 0 Å². The molecule has 2 unspecified atom stereocenters. The van der Waals surface area contributed by atoms with E-state index in [4.69, 9.17) is 0 Å². The third kappa shape index (κ3) is 1.81. The van der Waals surface area contributed by atoms with E-state index in [1.165, 1.54) is 24.6 Å². The minimum Gasteiger partial charge on any atom is -0.0806 e. The van der Waals surface area contributed by atoms with Crippen LogP contribution in [0.25, 0.3) is 0 Å². The van der Waals surface area contributed by atoms with Crippen LogP contribution in [-0.2, 0) is 0 Å². The molecule has 66 valence electrons. The van der Waals surface area contributed by atoms with Gasteiger partial charge in [0.25, 0.3) is 0 Å². The van der Waals surface area contributed by atoms with Gasteiger partial charge in [-0.2, -0.15) is 0 Å². The van der Waals surface area contributed by atoms with E-state index in [9.17, 15) is 0 Å². The molecular weight excluding hydrogens is 182 g/mol. The summed E-state index contributed by atoms with van der Waals surface area (Å²) in [6, 6.07) is 0. The predicted molar refractivity (Wildman–Crippen MR) is 60.8 cm³/mol. The van der Waals surface area contributed by atoms with Crippen molar-refractivity contribution in [2.24, 2.45) is 0 Å².